The number of nitrogens with two attached hydrogens (primary N) is 1. The normalized spacial score (nSPS) is 25.4. The summed E-state index contributed by atoms with van der Waals surface area (Å²) in [6.07, 6.45) is 1.31. The first-order chi connectivity index (χ1) is 9.60. The van der Waals surface area contributed by atoms with Gasteiger partial charge in [-0.15, -0.1) is 0 Å². The van der Waals surface area contributed by atoms with Crippen molar-refractivity contribution in [2.24, 2.45) is 10.8 Å². The molecule has 1 aliphatic heterocycles. The molecule has 9 nitrogen and oxygen atoms in total. The molecule has 0 bridgehead atoms. The van der Waals surface area contributed by atoms with E-state index in [2.05, 4.69) is 15.0 Å². The molecular weight excluding hydrogens is 264 g/mol. The first-order valence-electron chi connectivity index (χ1n) is 6.34. The van der Waals surface area contributed by atoms with Crippen molar-refractivity contribution in [3.8, 4) is 0 Å². The standard InChI is InChI=1S/C11H16N6O3/c1-2-6-5-17(11(19)14-10(6)18)9-3-7(15-16-13)8(4-12)20-9/h5,7-9H,2-4,12H2,1H3,(H,14,18,19)/t7-,8+,9+/m0/s1. The fourth-order valence-electron chi connectivity index (χ4n) is 2.28. The van der Waals surface area contributed by atoms with Gasteiger partial charge in [-0.1, -0.05) is 12.0 Å². The summed E-state index contributed by atoms with van der Waals surface area (Å²) in [5.74, 6) is 0. The number of rotatable bonds is 4. The van der Waals surface area contributed by atoms with Gasteiger partial charge in [-0.25, -0.2) is 4.79 Å². The number of nitrogens with zero attached hydrogens (tertiary/aromatic N) is 4. The van der Waals surface area contributed by atoms with Gasteiger partial charge in [0.1, 0.15) is 6.23 Å². The highest BCUT2D eigenvalue weighted by atomic mass is 16.5. The van der Waals surface area contributed by atoms with E-state index in [4.69, 9.17) is 16.0 Å². The summed E-state index contributed by atoms with van der Waals surface area (Å²) in [7, 11) is 0. The highest BCUT2D eigenvalue weighted by molar-refractivity contribution is 5.05. The summed E-state index contributed by atoms with van der Waals surface area (Å²) in [5.41, 5.74) is 13.6. The Morgan fingerprint density at radius 1 is 1.65 bits per heavy atom. The Balaban J connectivity index is 2.36. The van der Waals surface area contributed by atoms with E-state index in [1.54, 1.807) is 0 Å². The van der Waals surface area contributed by atoms with Gasteiger partial charge in [0.2, 0.25) is 0 Å². The van der Waals surface area contributed by atoms with E-state index in [0.717, 1.165) is 0 Å². The van der Waals surface area contributed by atoms with Crippen LogP contribution < -0.4 is 17.0 Å². The molecule has 2 rings (SSSR count). The summed E-state index contributed by atoms with van der Waals surface area (Å²) < 4.78 is 6.95. The Bertz CT molecular complexity index is 644. The van der Waals surface area contributed by atoms with Gasteiger partial charge in [-0.3, -0.25) is 14.3 Å². The van der Waals surface area contributed by atoms with Crippen molar-refractivity contribution in [1.29, 1.82) is 0 Å². The van der Waals surface area contributed by atoms with Crippen LogP contribution in [0, 0.1) is 0 Å². The van der Waals surface area contributed by atoms with Crippen LogP contribution in [0.2, 0.25) is 0 Å². The van der Waals surface area contributed by atoms with Crippen LogP contribution in [-0.2, 0) is 11.2 Å². The van der Waals surface area contributed by atoms with Gasteiger partial charge in [0.15, 0.2) is 0 Å². The lowest BCUT2D eigenvalue weighted by Crippen LogP contribution is -2.34. The predicted molar refractivity (Wildman–Crippen MR) is 71.2 cm³/mol. The average Bonchev–Trinajstić information content (AvgIpc) is 2.82. The van der Waals surface area contributed by atoms with E-state index in [1.807, 2.05) is 6.92 Å². The molecule has 108 valence electrons. The number of azide groups is 1. The topological polar surface area (TPSA) is 139 Å². The molecule has 0 radical (unpaired) electrons. The van der Waals surface area contributed by atoms with Gasteiger partial charge in [0, 0.05) is 29.6 Å². The van der Waals surface area contributed by atoms with Crippen molar-refractivity contribution in [2.45, 2.75) is 38.1 Å². The molecule has 0 aromatic carbocycles. The van der Waals surface area contributed by atoms with E-state index < -0.39 is 29.6 Å². The molecule has 1 aromatic rings. The van der Waals surface area contributed by atoms with Gasteiger partial charge in [0.25, 0.3) is 5.56 Å². The maximum atomic E-state index is 11.8. The number of aromatic nitrogens is 2. The van der Waals surface area contributed by atoms with Gasteiger partial charge in [-0.2, -0.15) is 0 Å². The van der Waals surface area contributed by atoms with Crippen LogP contribution in [0.3, 0.4) is 0 Å². The van der Waals surface area contributed by atoms with E-state index in [0.29, 0.717) is 18.4 Å². The van der Waals surface area contributed by atoms with Gasteiger partial charge in [0.05, 0.1) is 12.1 Å². The Morgan fingerprint density at radius 3 is 3.00 bits per heavy atom. The zero-order valence-electron chi connectivity index (χ0n) is 11.0. The quantitative estimate of drug-likeness (QED) is 0.456. The molecule has 3 atom stereocenters. The highest BCUT2D eigenvalue weighted by Crippen LogP contribution is 2.29. The first-order valence-corrected chi connectivity index (χ1v) is 6.34. The summed E-state index contributed by atoms with van der Waals surface area (Å²) >= 11 is 0. The predicted octanol–water partition coefficient (Wildman–Crippen LogP) is 0.0241. The summed E-state index contributed by atoms with van der Waals surface area (Å²) in [5, 5.41) is 3.63. The SMILES string of the molecule is CCc1cn([C@H]2C[C@H](N=[N+]=[N-])[C@@H](CN)O2)c(=O)[nH]c1=O. The van der Waals surface area contributed by atoms with Crippen molar-refractivity contribution in [3.05, 3.63) is 43.0 Å². The minimum atomic E-state index is -0.589. The maximum absolute atomic E-state index is 11.8. The fourth-order valence-corrected chi connectivity index (χ4v) is 2.28. The molecule has 9 heteroatoms. The number of hydrogen-bond donors (Lipinski definition) is 2. The van der Waals surface area contributed by atoms with Gasteiger partial charge >= 0.3 is 5.69 Å². The third-order valence-electron chi connectivity index (χ3n) is 3.37. The minimum absolute atomic E-state index is 0.193. The van der Waals surface area contributed by atoms with E-state index in [9.17, 15) is 9.59 Å². The molecular formula is C11H16N6O3. The Labute approximate surface area is 114 Å². The van der Waals surface area contributed by atoms with Crippen molar-refractivity contribution in [1.82, 2.24) is 9.55 Å². The summed E-state index contributed by atoms with van der Waals surface area (Å²) in [6, 6.07) is -0.418. The highest BCUT2D eigenvalue weighted by Gasteiger charge is 2.35. The summed E-state index contributed by atoms with van der Waals surface area (Å²) in [4.78, 5) is 28.4. The number of hydrogen-bond acceptors (Lipinski definition) is 5. The molecule has 20 heavy (non-hydrogen) atoms. The molecule has 1 aromatic heterocycles. The third-order valence-corrected chi connectivity index (χ3v) is 3.37. The molecule has 1 aliphatic rings. The maximum Gasteiger partial charge on any atom is 0.330 e. The van der Waals surface area contributed by atoms with E-state index in [-0.39, 0.29) is 6.54 Å². The van der Waals surface area contributed by atoms with Crippen molar-refractivity contribution < 1.29 is 4.74 Å². The Kier molecular flexibility index (Phi) is 4.23. The minimum Gasteiger partial charge on any atom is -0.353 e. The van der Waals surface area contributed by atoms with Crippen LogP contribution in [0.15, 0.2) is 20.9 Å². The zero-order valence-corrected chi connectivity index (χ0v) is 11.0. The number of aromatic amines is 1. The molecule has 0 amide bonds. The summed E-state index contributed by atoms with van der Waals surface area (Å²) in [6.45, 7) is 2.01. The zero-order chi connectivity index (χ0) is 14.7. The average molecular weight is 280 g/mol. The van der Waals surface area contributed by atoms with Gasteiger partial charge < -0.3 is 10.5 Å². The largest absolute Gasteiger partial charge is 0.353 e. The number of H-pyrrole nitrogens is 1. The lowest BCUT2D eigenvalue weighted by molar-refractivity contribution is 0.00155. The third kappa shape index (κ3) is 2.60. The van der Waals surface area contributed by atoms with E-state index >= 15 is 0 Å². The van der Waals surface area contributed by atoms with Crippen molar-refractivity contribution in [2.75, 3.05) is 6.54 Å². The molecule has 0 unspecified atom stereocenters. The molecule has 3 N–H and O–H groups in total. The number of ether oxygens (including phenoxy) is 1. The molecule has 1 fully saturated rings. The van der Waals surface area contributed by atoms with E-state index in [1.165, 1.54) is 10.8 Å². The van der Waals surface area contributed by atoms with Gasteiger partial charge in [-0.05, 0) is 12.0 Å². The second kappa shape index (κ2) is 5.91. The lowest BCUT2D eigenvalue weighted by atomic mass is 10.1. The molecule has 0 saturated carbocycles. The van der Waals surface area contributed by atoms with Crippen LogP contribution in [0.5, 0.6) is 0 Å². The van der Waals surface area contributed by atoms with Crippen LogP contribution in [0.25, 0.3) is 10.4 Å². The second-order valence-electron chi connectivity index (χ2n) is 4.55. The molecule has 2 heterocycles. The van der Waals surface area contributed by atoms with Crippen LogP contribution in [-0.4, -0.2) is 28.2 Å². The van der Waals surface area contributed by atoms with Crippen LogP contribution in [0.1, 0.15) is 25.1 Å². The fraction of sp³-hybridized carbons (Fsp3) is 0.636. The molecule has 0 spiro atoms. The van der Waals surface area contributed by atoms with Crippen molar-refractivity contribution in [3.63, 3.8) is 0 Å². The number of aryl methyl sites for hydroxylation is 1. The number of nitrogens with one attached hydrogen (secondary N) is 1. The van der Waals surface area contributed by atoms with Crippen molar-refractivity contribution >= 4 is 0 Å². The molecule has 1 saturated heterocycles. The monoisotopic (exact) mass is 280 g/mol. The van der Waals surface area contributed by atoms with Crippen LogP contribution >= 0.6 is 0 Å². The Hall–Kier alpha value is -2.09. The lowest BCUT2D eigenvalue weighted by Gasteiger charge is -2.15. The Morgan fingerprint density at radius 2 is 2.40 bits per heavy atom. The smallest absolute Gasteiger partial charge is 0.330 e. The first kappa shape index (κ1) is 14.3. The van der Waals surface area contributed by atoms with Crippen LogP contribution in [0.4, 0.5) is 0 Å². The molecule has 0 aliphatic carbocycles. The second-order valence-corrected chi connectivity index (χ2v) is 4.55.